The van der Waals surface area contributed by atoms with Crippen LogP contribution in [0.1, 0.15) is 38.2 Å². The summed E-state index contributed by atoms with van der Waals surface area (Å²) in [5, 5.41) is 11.4. The average molecular weight is 490 g/mol. The van der Waals surface area contributed by atoms with Crippen molar-refractivity contribution in [1.29, 1.82) is 5.26 Å². The van der Waals surface area contributed by atoms with Gasteiger partial charge in [-0.2, -0.15) is 5.26 Å². The van der Waals surface area contributed by atoms with E-state index in [9.17, 15) is 14.9 Å². The van der Waals surface area contributed by atoms with Crippen molar-refractivity contribution in [3.8, 4) is 11.9 Å². The van der Waals surface area contributed by atoms with Crippen molar-refractivity contribution in [1.82, 2.24) is 4.98 Å². The Balaban J connectivity index is 1.29. The summed E-state index contributed by atoms with van der Waals surface area (Å²) >= 11 is 5.85. The second-order valence-corrected chi connectivity index (χ2v) is 9.59. The van der Waals surface area contributed by atoms with Gasteiger partial charge < -0.3 is 9.47 Å². The molecule has 2 saturated heterocycles. The van der Waals surface area contributed by atoms with Gasteiger partial charge in [-0.15, -0.1) is 0 Å². The monoisotopic (exact) mass is 489 g/mol. The van der Waals surface area contributed by atoms with Crippen LogP contribution in [0.25, 0.3) is 10.8 Å². The zero-order valence-electron chi connectivity index (χ0n) is 19.2. The minimum atomic E-state index is -0.729. The van der Waals surface area contributed by atoms with Gasteiger partial charge in [0.15, 0.2) is 0 Å². The minimum Gasteiger partial charge on any atom is -0.478 e. The van der Waals surface area contributed by atoms with Gasteiger partial charge in [0, 0.05) is 35.9 Å². The number of aromatic nitrogens is 1. The summed E-state index contributed by atoms with van der Waals surface area (Å²) < 4.78 is 12.0. The molecule has 5 rings (SSSR count). The van der Waals surface area contributed by atoms with Crippen LogP contribution < -0.4 is 9.64 Å². The van der Waals surface area contributed by atoms with Crippen molar-refractivity contribution < 1.29 is 19.1 Å². The fraction of sp³-hybridized carbons (Fsp3) is 0.333. The molecule has 0 bridgehead atoms. The highest BCUT2D eigenvalue weighted by molar-refractivity contribution is 6.30. The Bertz CT molecular complexity index is 1340. The lowest BCUT2D eigenvalue weighted by Gasteiger charge is -2.30. The van der Waals surface area contributed by atoms with E-state index >= 15 is 0 Å². The molecule has 3 unspecified atom stereocenters. The van der Waals surface area contributed by atoms with Crippen LogP contribution in [0.15, 0.2) is 54.7 Å². The van der Waals surface area contributed by atoms with Gasteiger partial charge in [-0.1, -0.05) is 35.9 Å². The van der Waals surface area contributed by atoms with Crippen molar-refractivity contribution in [3.63, 3.8) is 0 Å². The largest absolute Gasteiger partial charge is 0.478 e. The van der Waals surface area contributed by atoms with Crippen LogP contribution in [0, 0.1) is 17.2 Å². The van der Waals surface area contributed by atoms with E-state index in [0.717, 1.165) is 11.8 Å². The number of nitrogens with zero attached hydrogens (tertiary/aromatic N) is 3. The SMILES string of the molecule is CC1(C2CC(=O)N(c3ccc(C#N)c4ccccc34)C2=O)CCC(CCOc2ccc(Cl)cn2)O1. The van der Waals surface area contributed by atoms with Crippen molar-refractivity contribution in [2.24, 2.45) is 5.92 Å². The number of hydrogen-bond acceptors (Lipinski definition) is 6. The topological polar surface area (TPSA) is 92.5 Å². The van der Waals surface area contributed by atoms with Crippen LogP contribution in [-0.2, 0) is 14.3 Å². The summed E-state index contributed by atoms with van der Waals surface area (Å²) in [6, 6.07) is 16.3. The number of benzene rings is 2. The molecule has 0 radical (unpaired) electrons. The van der Waals surface area contributed by atoms with Gasteiger partial charge in [-0.25, -0.2) is 9.88 Å². The third kappa shape index (κ3) is 4.36. The molecule has 3 aromatic rings. The van der Waals surface area contributed by atoms with Crippen LogP contribution in [-0.4, -0.2) is 35.1 Å². The van der Waals surface area contributed by atoms with Gasteiger partial charge >= 0.3 is 0 Å². The number of carbonyl (C=O) groups excluding carboxylic acids is 2. The third-order valence-electron chi connectivity index (χ3n) is 6.93. The van der Waals surface area contributed by atoms with Crippen LogP contribution in [0.4, 0.5) is 5.69 Å². The number of fused-ring (bicyclic) bond motifs is 1. The lowest BCUT2D eigenvalue weighted by molar-refractivity contribution is -0.132. The lowest BCUT2D eigenvalue weighted by atomic mass is 9.85. The zero-order chi connectivity index (χ0) is 24.6. The van der Waals surface area contributed by atoms with E-state index in [0.29, 0.717) is 47.0 Å². The molecule has 1 aromatic heterocycles. The van der Waals surface area contributed by atoms with Gasteiger partial charge in [0.1, 0.15) is 0 Å². The predicted molar refractivity (Wildman–Crippen MR) is 131 cm³/mol. The molecule has 7 nitrogen and oxygen atoms in total. The number of nitriles is 1. The number of anilines is 1. The Labute approximate surface area is 208 Å². The molecule has 2 aliphatic rings. The molecule has 2 fully saturated rings. The second kappa shape index (κ2) is 9.29. The fourth-order valence-corrected chi connectivity index (χ4v) is 5.20. The molecule has 35 heavy (non-hydrogen) atoms. The number of hydrogen-bond donors (Lipinski definition) is 0. The predicted octanol–water partition coefficient (Wildman–Crippen LogP) is 5.05. The quantitative estimate of drug-likeness (QED) is 0.450. The highest BCUT2D eigenvalue weighted by Crippen LogP contribution is 2.44. The van der Waals surface area contributed by atoms with E-state index in [2.05, 4.69) is 11.1 Å². The number of rotatable bonds is 6. The van der Waals surface area contributed by atoms with Gasteiger partial charge in [-0.3, -0.25) is 9.59 Å². The maximum Gasteiger partial charge on any atom is 0.240 e. The molecule has 0 aliphatic carbocycles. The smallest absolute Gasteiger partial charge is 0.240 e. The van der Waals surface area contributed by atoms with Gasteiger partial charge in [-0.05, 0) is 38.0 Å². The van der Waals surface area contributed by atoms with E-state index in [1.807, 2.05) is 31.2 Å². The Hall–Kier alpha value is -3.47. The van der Waals surface area contributed by atoms with E-state index in [1.165, 1.54) is 11.1 Å². The molecular weight excluding hydrogens is 466 g/mol. The van der Waals surface area contributed by atoms with Crippen molar-refractivity contribution in [2.45, 2.75) is 44.3 Å². The number of ether oxygens (including phenoxy) is 2. The summed E-state index contributed by atoms with van der Waals surface area (Å²) in [6.45, 7) is 2.35. The molecule has 0 saturated carbocycles. The normalized spacial score (nSPS) is 24.2. The van der Waals surface area contributed by atoms with Crippen LogP contribution >= 0.6 is 11.6 Å². The first-order chi connectivity index (χ1) is 16.9. The number of carbonyl (C=O) groups is 2. The first-order valence-corrected chi connectivity index (χ1v) is 12.0. The number of amides is 2. The van der Waals surface area contributed by atoms with E-state index in [-0.39, 0.29) is 24.3 Å². The summed E-state index contributed by atoms with van der Waals surface area (Å²) in [5.74, 6) is -0.569. The Morgan fingerprint density at radius 2 is 2.00 bits per heavy atom. The number of halogens is 1. The molecule has 3 heterocycles. The number of imide groups is 1. The standard InChI is InChI=1S/C27H24ClN3O4/c1-27(12-10-19(35-27)11-13-34-24-9-7-18(28)16-30-24)22-14-25(32)31(26(22)33)23-8-6-17(15-29)20-4-2-3-5-21(20)23/h2-9,16,19,22H,10-14H2,1H3. The summed E-state index contributed by atoms with van der Waals surface area (Å²) in [6.07, 6.45) is 3.68. The zero-order valence-corrected chi connectivity index (χ0v) is 20.0. The van der Waals surface area contributed by atoms with E-state index < -0.39 is 11.5 Å². The van der Waals surface area contributed by atoms with E-state index in [1.54, 1.807) is 24.3 Å². The van der Waals surface area contributed by atoms with Gasteiger partial charge in [0.2, 0.25) is 17.7 Å². The number of pyridine rings is 1. The molecule has 8 heteroatoms. The molecular formula is C27H24ClN3O4. The van der Waals surface area contributed by atoms with E-state index in [4.69, 9.17) is 21.1 Å². The second-order valence-electron chi connectivity index (χ2n) is 9.16. The third-order valence-corrected chi connectivity index (χ3v) is 7.16. The summed E-state index contributed by atoms with van der Waals surface area (Å²) in [5.41, 5.74) is 0.289. The Morgan fingerprint density at radius 3 is 2.74 bits per heavy atom. The first kappa shape index (κ1) is 23.3. The summed E-state index contributed by atoms with van der Waals surface area (Å²) in [7, 11) is 0. The molecule has 2 amide bonds. The highest BCUT2D eigenvalue weighted by atomic mass is 35.5. The first-order valence-electron chi connectivity index (χ1n) is 11.6. The molecule has 3 atom stereocenters. The van der Waals surface area contributed by atoms with Gasteiger partial charge in [0.05, 0.1) is 46.6 Å². The molecule has 2 aliphatic heterocycles. The van der Waals surface area contributed by atoms with Crippen LogP contribution in [0.2, 0.25) is 5.02 Å². The maximum atomic E-state index is 13.6. The fourth-order valence-electron chi connectivity index (χ4n) is 5.09. The molecule has 2 aromatic carbocycles. The molecule has 0 spiro atoms. The Morgan fingerprint density at radius 1 is 1.20 bits per heavy atom. The molecule has 0 N–H and O–H groups in total. The maximum absolute atomic E-state index is 13.6. The van der Waals surface area contributed by atoms with Crippen molar-refractivity contribution >= 4 is 39.9 Å². The Kier molecular flexibility index (Phi) is 6.18. The average Bonchev–Trinajstić information content (AvgIpc) is 3.39. The minimum absolute atomic E-state index is 0.0694. The lowest BCUT2D eigenvalue weighted by Crippen LogP contribution is -2.41. The summed E-state index contributed by atoms with van der Waals surface area (Å²) in [4.78, 5) is 32.0. The highest BCUT2D eigenvalue weighted by Gasteiger charge is 2.53. The van der Waals surface area contributed by atoms with Crippen molar-refractivity contribution in [2.75, 3.05) is 11.5 Å². The molecule has 178 valence electrons. The van der Waals surface area contributed by atoms with Gasteiger partial charge in [0.25, 0.3) is 0 Å². The van der Waals surface area contributed by atoms with Crippen molar-refractivity contribution in [3.05, 3.63) is 65.3 Å². The van der Waals surface area contributed by atoms with Crippen LogP contribution in [0.5, 0.6) is 5.88 Å². The van der Waals surface area contributed by atoms with Crippen LogP contribution in [0.3, 0.4) is 0 Å².